The molecule has 0 fully saturated rings. The molecule has 0 bridgehead atoms. The van der Waals surface area contributed by atoms with Crippen LogP contribution in [0, 0.1) is 0 Å². The lowest BCUT2D eigenvalue weighted by atomic mass is 10.1. The minimum absolute atomic E-state index is 0.00620. The minimum atomic E-state index is -0.868. The third-order valence-corrected chi connectivity index (χ3v) is 2.34. The molecule has 0 radical (unpaired) electrons. The highest BCUT2D eigenvalue weighted by Crippen LogP contribution is 2.45. The number of nitrogens with two attached hydrogens (primary N) is 2. The fraction of sp³-hybridized carbons (Fsp3) is 0.273. The number of benzene rings is 1. The second-order valence-corrected chi connectivity index (χ2v) is 3.42. The number of carbonyl (C=O) groups is 2. The molecule has 0 unspecified atom stereocenters. The summed E-state index contributed by atoms with van der Waals surface area (Å²) in [5, 5.41) is 2.28. The molecule has 0 saturated carbocycles. The van der Waals surface area contributed by atoms with Gasteiger partial charge >= 0.3 is 6.03 Å². The van der Waals surface area contributed by atoms with Crippen molar-refractivity contribution in [2.75, 3.05) is 26.6 Å². The van der Waals surface area contributed by atoms with Crippen molar-refractivity contribution in [3.8, 4) is 17.2 Å². The Balaban J connectivity index is 3.63. The summed E-state index contributed by atoms with van der Waals surface area (Å²) in [5.41, 5.74) is 10.3. The molecule has 104 valence electrons. The summed E-state index contributed by atoms with van der Waals surface area (Å²) >= 11 is 0. The van der Waals surface area contributed by atoms with Crippen LogP contribution < -0.4 is 31.0 Å². The van der Waals surface area contributed by atoms with Gasteiger partial charge in [0.1, 0.15) is 5.69 Å². The first-order valence-corrected chi connectivity index (χ1v) is 5.15. The van der Waals surface area contributed by atoms with Gasteiger partial charge in [-0.3, -0.25) is 4.79 Å². The number of amides is 3. The van der Waals surface area contributed by atoms with Crippen molar-refractivity contribution in [2.45, 2.75) is 0 Å². The third-order valence-electron chi connectivity index (χ3n) is 2.34. The van der Waals surface area contributed by atoms with Gasteiger partial charge in [0.15, 0.2) is 11.5 Å². The highest BCUT2D eigenvalue weighted by Gasteiger charge is 2.23. The Bertz CT molecular complexity index is 516. The van der Waals surface area contributed by atoms with Crippen molar-refractivity contribution in [2.24, 2.45) is 11.5 Å². The number of rotatable bonds is 5. The SMILES string of the molecule is COc1cc(C(N)=O)c(NC(N)=O)c(OC)c1OC. The molecule has 1 aromatic carbocycles. The average Bonchev–Trinajstić information content (AvgIpc) is 2.36. The highest BCUT2D eigenvalue weighted by atomic mass is 16.5. The third kappa shape index (κ3) is 2.79. The Hall–Kier alpha value is -2.64. The molecule has 0 spiro atoms. The van der Waals surface area contributed by atoms with Crippen molar-refractivity contribution in [3.63, 3.8) is 0 Å². The zero-order valence-electron chi connectivity index (χ0n) is 10.8. The lowest BCUT2D eigenvalue weighted by Gasteiger charge is -2.18. The number of carbonyl (C=O) groups excluding carboxylic acids is 2. The van der Waals surface area contributed by atoms with Crippen molar-refractivity contribution in [1.29, 1.82) is 0 Å². The number of nitrogens with one attached hydrogen (secondary N) is 1. The molecular formula is C11H15N3O5. The van der Waals surface area contributed by atoms with Crippen LogP contribution in [-0.2, 0) is 0 Å². The van der Waals surface area contributed by atoms with Crippen LogP contribution in [0.4, 0.5) is 10.5 Å². The van der Waals surface area contributed by atoms with Crippen LogP contribution in [0.25, 0.3) is 0 Å². The first-order valence-electron chi connectivity index (χ1n) is 5.15. The molecule has 0 aliphatic carbocycles. The van der Waals surface area contributed by atoms with Crippen LogP contribution in [0.1, 0.15) is 10.4 Å². The van der Waals surface area contributed by atoms with E-state index in [0.29, 0.717) is 0 Å². The van der Waals surface area contributed by atoms with E-state index in [9.17, 15) is 9.59 Å². The second kappa shape index (κ2) is 5.80. The van der Waals surface area contributed by atoms with Gasteiger partial charge in [-0.15, -0.1) is 0 Å². The maximum absolute atomic E-state index is 11.4. The number of hydrogen-bond donors (Lipinski definition) is 3. The van der Waals surface area contributed by atoms with Gasteiger partial charge in [0, 0.05) is 0 Å². The quantitative estimate of drug-likeness (QED) is 0.708. The van der Waals surface area contributed by atoms with Gasteiger partial charge in [0.05, 0.1) is 26.9 Å². The summed E-state index contributed by atoms with van der Waals surface area (Å²) in [6, 6.07) is 0.461. The van der Waals surface area contributed by atoms with Crippen molar-refractivity contribution >= 4 is 17.6 Å². The maximum atomic E-state index is 11.4. The first kappa shape index (κ1) is 14.4. The standard InChI is InChI=1S/C11H15N3O5/c1-17-6-4-5(10(12)15)7(14-11(13)16)9(19-3)8(6)18-2/h4H,1-3H3,(H2,12,15)(H3,13,14,16). The minimum Gasteiger partial charge on any atom is -0.493 e. The maximum Gasteiger partial charge on any atom is 0.316 e. The number of urea groups is 1. The Morgan fingerprint density at radius 1 is 1.05 bits per heavy atom. The molecule has 1 rings (SSSR count). The van der Waals surface area contributed by atoms with Crippen LogP contribution >= 0.6 is 0 Å². The molecule has 0 aliphatic heterocycles. The molecule has 0 saturated heterocycles. The van der Waals surface area contributed by atoms with Crippen molar-refractivity contribution < 1.29 is 23.8 Å². The number of hydrogen-bond acceptors (Lipinski definition) is 5. The molecule has 19 heavy (non-hydrogen) atoms. The number of anilines is 1. The molecule has 8 heteroatoms. The topological polar surface area (TPSA) is 126 Å². The van der Waals surface area contributed by atoms with E-state index >= 15 is 0 Å². The van der Waals surface area contributed by atoms with E-state index in [1.807, 2.05) is 0 Å². The lowest BCUT2D eigenvalue weighted by Crippen LogP contribution is -2.23. The van der Waals surface area contributed by atoms with Gasteiger partial charge in [-0.25, -0.2) is 4.79 Å². The van der Waals surface area contributed by atoms with Gasteiger partial charge in [0.2, 0.25) is 5.75 Å². The van der Waals surface area contributed by atoms with E-state index in [2.05, 4.69) is 5.32 Å². The van der Waals surface area contributed by atoms with E-state index < -0.39 is 11.9 Å². The van der Waals surface area contributed by atoms with Crippen LogP contribution in [0.15, 0.2) is 6.07 Å². The van der Waals surface area contributed by atoms with E-state index in [0.717, 1.165) is 0 Å². The fourth-order valence-corrected chi connectivity index (χ4v) is 1.60. The summed E-state index contributed by atoms with van der Waals surface area (Å²) in [7, 11) is 4.12. The first-order chi connectivity index (χ1) is 8.96. The predicted molar refractivity (Wildman–Crippen MR) is 67.8 cm³/mol. The van der Waals surface area contributed by atoms with Crippen LogP contribution in [0.5, 0.6) is 17.2 Å². The van der Waals surface area contributed by atoms with Crippen LogP contribution in [-0.4, -0.2) is 33.3 Å². The molecule has 8 nitrogen and oxygen atoms in total. The summed E-state index contributed by atoms with van der Waals surface area (Å²) in [4.78, 5) is 22.4. The Labute approximate surface area is 109 Å². The molecule has 3 amide bonds. The monoisotopic (exact) mass is 269 g/mol. The molecule has 5 N–H and O–H groups in total. The summed E-state index contributed by atoms with van der Waals surface area (Å²) in [6.45, 7) is 0. The van der Waals surface area contributed by atoms with E-state index in [-0.39, 0.29) is 28.5 Å². The second-order valence-electron chi connectivity index (χ2n) is 3.42. The van der Waals surface area contributed by atoms with E-state index in [4.69, 9.17) is 25.7 Å². The average molecular weight is 269 g/mol. The molecule has 0 aliphatic rings. The van der Waals surface area contributed by atoms with E-state index in [1.54, 1.807) is 0 Å². The largest absolute Gasteiger partial charge is 0.493 e. The van der Waals surface area contributed by atoms with Crippen LogP contribution in [0.3, 0.4) is 0 Å². The van der Waals surface area contributed by atoms with E-state index in [1.165, 1.54) is 27.4 Å². The van der Waals surface area contributed by atoms with Gasteiger partial charge < -0.3 is 31.0 Å². The Morgan fingerprint density at radius 3 is 2.00 bits per heavy atom. The van der Waals surface area contributed by atoms with Gasteiger partial charge in [-0.1, -0.05) is 0 Å². The summed E-state index contributed by atoms with van der Waals surface area (Å²) in [6.07, 6.45) is 0. The van der Waals surface area contributed by atoms with Gasteiger partial charge in [-0.05, 0) is 6.07 Å². The molecule has 0 heterocycles. The molecule has 0 atom stereocenters. The Morgan fingerprint density at radius 2 is 1.63 bits per heavy atom. The lowest BCUT2D eigenvalue weighted by molar-refractivity contribution is 0.100. The smallest absolute Gasteiger partial charge is 0.316 e. The van der Waals surface area contributed by atoms with Crippen molar-refractivity contribution in [1.82, 2.24) is 0 Å². The zero-order valence-corrected chi connectivity index (χ0v) is 10.8. The van der Waals surface area contributed by atoms with Gasteiger partial charge in [0.25, 0.3) is 5.91 Å². The molecule has 0 aromatic heterocycles. The fourth-order valence-electron chi connectivity index (χ4n) is 1.60. The molecule has 1 aromatic rings. The molecular weight excluding hydrogens is 254 g/mol. The number of primary amides is 2. The van der Waals surface area contributed by atoms with Crippen molar-refractivity contribution in [3.05, 3.63) is 11.6 Å². The summed E-state index contributed by atoms with van der Waals surface area (Å²) < 4.78 is 15.3. The number of methoxy groups -OCH3 is 3. The summed E-state index contributed by atoms with van der Waals surface area (Å²) in [5.74, 6) is -0.237. The van der Waals surface area contributed by atoms with Crippen LogP contribution in [0.2, 0.25) is 0 Å². The Kier molecular flexibility index (Phi) is 4.41. The zero-order chi connectivity index (χ0) is 14.6. The predicted octanol–water partition coefficient (Wildman–Crippen LogP) is 0.302. The van der Waals surface area contributed by atoms with Gasteiger partial charge in [-0.2, -0.15) is 0 Å². The highest BCUT2D eigenvalue weighted by molar-refractivity contribution is 6.05. The number of ether oxygens (including phenoxy) is 3. The normalized spacial score (nSPS) is 9.63.